The number of hydrogen-bond donors (Lipinski definition) is 3. The van der Waals surface area contributed by atoms with Crippen LogP contribution >= 0.6 is 0 Å². The molecule has 2 aromatic rings. The number of benzene rings is 1. The van der Waals surface area contributed by atoms with Crippen LogP contribution in [0, 0.1) is 0 Å². The summed E-state index contributed by atoms with van der Waals surface area (Å²) in [6.07, 6.45) is 0. The summed E-state index contributed by atoms with van der Waals surface area (Å²) in [7, 11) is 0. The van der Waals surface area contributed by atoms with Crippen molar-refractivity contribution in [2.45, 2.75) is 6.92 Å². The van der Waals surface area contributed by atoms with Crippen LogP contribution in [-0.2, 0) is 4.79 Å². The molecule has 0 bridgehead atoms. The van der Waals surface area contributed by atoms with Gasteiger partial charge in [-0.05, 0) is 30.3 Å². The van der Waals surface area contributed by atoms with E-state index in [9.17, 15) is 14.4 Å². The number of hydrogen-bond acceptors (Lipinski definition) is 5. The zero-order valence-electron chi connectivity index (χ0n) is 11.2. The molecule has 1 heterocycles. The molecule has 0 unspecified atom stereocenters. The number of nitrogens with two attached hydrogens (primary N) is 1. The number of anilines is 3. The van der Waals surface area contributed by atoms with Crippen molar-refractivity contribution < 1.29 is 9.59 Å². The Morgan fingerprint density at radius 1 is 1.19 bits per heavy atom. The van der Waals surface area contributed by atoms with Gasteiger partial charge in [0.25, 0.3) is 5.56 Å². The summed E-state index contributed by atoms with van der Waals surface area (Å²) in [4.78, 5) is 35.7. The van der Waals surface area contributed by atoms with Crippen molar-refractivity contribution in [2.24, 2.45) is 0 Å². The van der Waals surface area contributed by atoms with Crippen LogP contribution < -0.4 is 21.5 Å². The molecule has 0 spiro atoms. The first-order valence-corrected chi connectivity index (χ1v) is 6.00. The summed E-state index contributed by atoms with van der Waals surface area (Å²) < 4.78 is 0. The summed E-state index contributed by atoms with van der Waals surface area (Å²) >= 11 is 0. The van der Waals surface area contributed by atoms with Crippen LogP contribution in [0.4, 0.5) is 22.0 Å². The van der Waals surface area contributed by atoms with Crippen LogP contribution in [0.1, 0.15) is 6.92 Å². The predicted octanol–water partition coefficient (Wildman–Crippen LogP) is 0.937. The van der Waals surface area contributed by atoms with E-state index in [0.29, 0.717) is 11.4 Å². The molecule has 1 aromatic heterocycles. The van der Waals surface area contributed by atoms with E-state index < -0.39 is 17.5 Å². The Bertz CT molecular complexity index is 703. The highest BCUT2D eigenvalue weighted by molar-refractivity contribution is 6.17. The molecule has 0 radical (unpaired) electrons. The molecule has 21 heavy (non-hydrogen) atoms. The molecular weight excluding hydrogens is 274 g/mol. The monoisotopic (exact) mass is 287 g/mol. The van der Waals surface area contributed by atoms with Gasteiger partial charge in [-0.3, -0.25) is 14.9 Å². The Kier molecular flexibility index (Phi) is 3.98. The fraction of sp³-hybridized carbons (Fsp3) is 0.0769. The Labute approximate surface area is 119 Å². The van der Waals surface area contributed by atoms with E-state index >= 15 is 0 Å². The van der Waals surface area contributed by atoms with E-state index in [1.807, 2.05) is 0 Å². The van der Waals surface area contributed by atoms with Gasteiger partial charge in [-0.25, -0.2) is 14.8 Å². The van der Waals surface area contributed by atoms with Gasteiger partial charge in [0.2, 0.25) is 5.91 Å². The van der Waals surface area contributed by atoms with Gasteiger partial charge in [0.05, 0.1) is 5.69 Å². The Morgan fingerprint density at radius 2 is 1.86 bits per heavy atom. The molecule has 2 rings (SSSR count). The predicted molar refractivity (Wildman–Crippen MR) is 77.9 cm³/mol. The van der Waals surface area contributed by atoms with Gasteiger partial charge in [-0.1, -0.05) is 0 Å². The molecular formula is C13H13N5O3. The van der Waals surface area contributed by atoms with Crippen molar-refractivity contribution in [3.8, 4) is 0 Å². The molecule has 0 saturated carbocycles. The summed E-state index contributed by atoms with van der Waals surface area (Å²) in [6.45, 7) is 1.26. The minimum atomic E-state index is -0.688. The SMILES string of the molecule is CC(=O)N(C(=O)Nc1ccc(=O)[nH]n1)c1ccc(N)cc1. The summed E-state index contributed by atoms with van der Waals surface area (Å²) in [5.74, 6) is -0.344. The number of aromatic amines is 1. The lowest BCUT2D eigenvalue weighted by Crippen LogP contribution is -2.39. The number of amides is 3. The highest BCUT2D eigenvalue weighted by Crippen LogP contribution is 2.17. The van der Waals surface area contributed by atoms with Gasteiger partial charge in [-0.2, -0.15) is 5.10 Å². The average molecular weight is 287 g/mol. The van der Waals surface area contributed by atoms with E-state index in [-0.39, 0.29) is 5.82 Å². The van der Waals surface area contributed by atoms with Gasteiger partial charge < -0.3 is 5.73 Å². The standard InChI is InChI=1S/C13H13N5O3/c1-8(19)18(10-4-2-9(14)3-5-10)13(21)15-11-6-7-12(20)17-16-11/h2-7H,14H2,1H3,(H,17,20)(H,15,16,21). The second kappa shape index (κ2) is 5.87. The van der Waals surface area contributed by atoms with Gasteiger partial charge in [0.15, 0.2) is 5.82 Å². The minimum Gasteiger partial charge on any atom is -0.399 e. The second-order valence-electron chi connectivity index (χ2n) is 4.18. The molecule has 8 nitrogen and oxygen atoms in total. The summed E-state index contributed by atoms with van der Waals surface area (Å²) in [5, 5.41) is 8.24. The Balaban J connectivity index is 2.23. The van der Waals surface area contributed by atoms with Crippen molar-refractivity contribution in [1.82, 2.24) is 10.2 Å². The van der Waals surface area contributed by atoms with Gasteiger partial charge in [-0.15, -0.1) is 0 Å². The summed E-state index contributed by atoms with van der Waals surface area (Å²) in [5.41, 5.74) is 6.07. The van der Waals surface area contributed by atoms with Gasteiger partial charge in [0, 0.05) is 18.7 Å². The molecule has 3 amide bonds. The van der Waals surface area contributed by atoms with Crippen molar-refractivity contribution in [1.29, 1.82) is 0 Å². The van der Waals surface area contributed by atoms with Crippen molar-refractivity contribution >= 4 is 29.1 Å². The van der Waals surface area contributed by atoms with Crippen LogP contribution in [0.2, 0.25) is 0 Å². The number of urea groups is 1. The fourth-order valence-electron chi connectivity index (χ4n) is 1.65. The number of carbonyl (C=O) groups excluding carboxylic acids is 2. The number of nitrogens with one attached hydrogen (secondary N) is 2. The maximum atomic E-state index is 12.2. The molecule has 0 saturated heterocycles. The molecule has 4 N–H and O–H groups in total. The molecule has 0 aliphatic heterocycles. The lowest BCUT2D eigenvalue weighted by Gasteiger charge is -2.19. The number of carbonyl (C=O) groups is 2. The Hall–Kier alpha value is -3.16. The highest BCUT2D eigenvalue weighted by Gasteiger charge is 2.20. The number of nitrogens with zero attached hydrogens (tertiary/aromatic N) is 2. The van der Waals surface area contributed by atoms with Crippen LogP contribution in [0.3, 0.4) is 0 Å². The summed E-state index contributed by atoms with van der Waals surface area (Å²) in [6, 6.07) is 8.12. The molecule has 1 aromatic carbocycles. The Morgan fingerprint density at radius 3 is 2.38 bits per heavy atom. The molecule has 108 valence electrons. The first kappa shape index (κ1) is 14.3. The van der Waals surface area contributed by atoms with Crippen molar-refractivity contribution in [3.05, 3.63) is 46.8 Å². The molecule has 0 fully saturated rings. The maximum Gasteiger partial charge on any atom is 0.334 e. The number of imide groups is 1. The van der Waals surface area contributed by atoms with Crippen LogP contribution in [-0.4, -0.2) is 22.1 Å². The third-order valence-electron chi connectivity index (χ3n) is 2.58. The molecule has 0 aliphatic rings. The van der Waals surface area contributed by atoms with Crippen LogP contribution in [0.5, 0.6) is 0 Å². The van der Waals surface area contributed by atoms with E-state index in [1.165, 1.54) is 19.1 Å². The largest absolute Gasteiger partial charge is 0.399 e. The number of nitrogen functional groups attached to an aromatic ring is 1. The number of rotatable bonds is 2. The van der Waals surface area contributed by atoms with Gasteiger partial charge in [0.1, 0.15) is 0 Å². The number of aromatic nitrogens is 2. The topological polar surface area (TPSA) is 121 Å². The highest BCUT2D eigenvalue weighted by atomic mass is 16.2. The molecule has 0 aliphatic carbocycles. The quantitative estimate of drug-likeness (QED) is 0.709. The normalized spacial score (nSPS) is 9.95. The van der Waals surface area contributed by atoms with Crippen LogP contribution in [0.25, 0.3) is 0 Å². The lowest BCUT2D eigenvalue weighted by molar-refractivity contribution is -0.115. The lowest BCUT2D eigenvalue weighted by atomic mass is 10.2. The van der Waals surface area contributed by atoms with Crippen LogP contribution in [0.15, 0.2) is 41.2 Å². The smallest absolute Gasteiger partial charge is 0.334 e. The van der Waals surface area contributed by atoms with E-state index in [0.717, 1.165) is 4.90 Å². The average Bonchev–Trinajstić information content (AvgIpc) is 2.43. The molecule has 8 heteroatoms. The first-order chi connectivity index (χ1) is 9.97. The van der Waals surface area contributed by atoms with E-state index in [1.54, 1.807) is 24.3 Å². The third-order valence-corrected chi connectivity index (χ3v) is 2.58. The minimum absolute atomic E-state index is 0.126. The zero-order chi connectivity index (χ0) is 15.4. The third kappa shape index (κ3) is 3.44. The fourth-order valence-corrected chi connectivity index (χ4v) is 1.65. The second-order valence-corrected chi connectivity index (χ2v) is 4.18. The zero-order valence-corrected chi connectivity index (χ0v) is 11.2. The van der Waals surface area contributed by atoms with Crippen molar-refractivity contribution in [3.63, 3.8) is 0 Å². The number of H-pyrrole nitrogens is 1. The first-order valence-electron chi connectivity index (χ1n) is 6.00. The van der Waals surface area contributed by atoms with E-state index in [4.69, 9.17) is 5.73 Å². The molecule has 0 atom stereocenters. The van der Waals surface area contributed by atoms with E-state index in [2.05, 4.69) is 15.5 Å². The maximum absolute atomic E-state index is 12.2. The van der Waals surface area contributed by atoms with Gasteiger partial charge >= 0.3 is 6.03 Å². The van der Waals surface area contributed by atoms with Crippen molar-refractivity contribution in [2.75, 3.05) is 16.0 Å².